The monoisotopic (exact) mass is 255 g/mol. The van der Waals surface area contributed by atoms with E-state index in [-0.39, 0.29) is 0 Å². The molecule has 0 radical (unpaired) electrons. The Bertz CT molecular complexity index is 307. The maximum absolute atomic E-state index is 5.46. The maximum atomic E-state index is 5.46. The summed E-state index contributed by atoms with van der Waals surface area (Å²) in [5.74, 6) is 1.73. The largest absolute Gasteiger partial charge is 0.496 e. The predicted octanol–water partition coefficient (Wildman–Crippen LogP) is 4.23. The Kier molecular flexibility index (Phi) is 6.60. The molecule has 0 aliphatic rings. The zero-order valence-corrected chi connectivity index (χ0v) is 12.3. The molecule has 0 amide bonds. The molecule has 1 aromatic rings. The molecule has 0 aliphatic carbocycles. The summed E-state index contributed by atoms with van der Waals surface area (Å²) in [4.78, 5) is 1.36. The van der Waals surface area contributed by atoms with Crippen molar-refractivity contribution in [3.05, 3.63) is 16.3 Å². The van der Waals surface area contributed by atoms with Crippen LogP contribution in [-0.4, -0.2) is 13.7 Å². The van der Waals surface area contributed by atoms with Crippen molar-refractivity contribution in [3.8, 4) is 5.75 Å². The fourth-order valence-corrected chi connectivity index (χ4v) is 3.27. The van der Waals surface area contributed by atoms with Gasteiger partial charge in [0.25, 0.3) is 0 Å². The van der Waals surface area contributed by atoms with Crippen LogP contribution in [-0.2, 0) is 0 Å². The highest BCUT2D eigenvalue weighted by molar-refractivity contribution is 7.10. The van der Waals surface area contributed by atoms with Gasteiger partial charge in [-0.2, -0.15) is 0 Å². The number of rotatable bonds is 8. The summed E-state index contributed by atoms with van der Waals surface area (Å²) in [5.41, 5.74) is 0. The molecule has 1 heterocycles. The molecule has 0 saturated heterocycles. The lowest BCUT2D eigenvalue weighted by Crippen LogP contribution is -2.28. The summed E-state index contributed by atoms with van der Waals surface area (Å²) in [6, 6.07) is 2.52. The molecular weight excluding hydrogens is 230 g/mol. The molecule has 1 aromatic heterocycles. The molecule has 2 nitrogen and oxygen atoms in total. The molecule has 0 aliphatic heterocycles. The Morgan fingerprint density at radius 1 is 1.29 bits per heavy atom. The standard InChI is InChI=1S/C14H25NOS/c1-5-9-15-13(11(6-2)7-3)14-12(16-4)8-10-17-14/h8,10-11,13,15H,5-7,9H2,1-4H3. The van der Waals surface area contributed by atoms with Crippen LogP contribution in [0.15, 0.2) is 11.4 Å². The Hall–Kier alpha value is -0.540. The minimum Gasteiger partial charge on any atom is -0.496 e. The van der Waals surface area contributed by atoms with E-state index in [1.165, 1.54) is 24.1 Å². The van der Waals surface area contributed by atoms with E-state index >= 15 is 0 Å². The van der Waals surface area contributed by atoms with Gasteiger partial charge in [0.1, 0.15) is 5.75 Å². The van der Waals surface area contributed by atoms with Gasteiger partial charge in [0.2, 0.25) is 0 Å². The van der Waals surface area contributed by atoms with Gasteiger partial charge in [-0.05, 0) is 30.3 Å². The minimum absolute atomic E-state index is 0.444. The highest BCUT2D eigenvalue weighted by Gasteiger charge is 2.23. The van der Waals surface area contributed by atoms with Crippen molar-refractivity contribution in [2.75, 3.05) is 13.7 Å². The van der Waals surface area contributed by atoms with Crippen molar-refractivity contribution in [2.45, 2.75) is 46.1 Å². The molecule has 1 N–H and O–H groups in total. The lowest BCUT2D eigenvalue weighted by Gasteiger charge is -2.26. The van der Waals surface area contributed by atoms with Crippen molar-refractivity contribution in [2.24, 2.45) is 5.92 Å². The van der Waals surface area contributed by atoms with E-state index in [0.29, 0.717) is 12.0 Å². The molecule has 0 aromatic carbocycles. The van der Waals surface area contributed by atoms with E-state index in [2.05, 4.69) is 37.5 Å². The molecular formula is C14H25NOS. The molecule has 98 valence electrons. The third-order valence-corrected chi connectivity index (χ3v) is 4.28. The quantitative estimate of drug-likeness (QED) is 0.750. The van der Waals surface area contributed by atoms with Crippen LogP contribution in [0.5, 0.6) is 5.75 Å². The van der Waals surface area contributed by atoms with Gasteiger partial charge in [-0.3, -0.25) is 0 Å². The van der Waals surface area contributed by atoms with Crippen LogP contribution in [0.3, 0.4) is 0 Å². The first-order valence-electron chi connectivity index (χ1n) is 6.63. The van der Waals surface area contributed by atoms with Crippen LogP contribution in [0.4, 0.5) is 0 Å². The van der Waals surface area contributed by atoms with Crippen LogP contribution in [0.25, 0.3) is 0 Å². The van der Waals surface area contributed by atoms with Crippen LogP contribution in [0.1, 0.15) is 51.0 Å². The van der Waals surface area contributed by atoms with Crippen LogP contribution in [0.2, 0.25) is 0 Å². The van der Waals surface area contributed by atoms with Crippen molar-refractivity contribution in [1.82, 2.24) is 5.32 Å². The number of methoxy groups -OCH3 is 1. The molecule has 0 fully saturated rings. The Balaban J connectivity index is 2.88. The fourth-order valence-electron chi connectivity index (χ4n) is 2.24. The van der Waals surface area contributed by atoms with Gasteiger partial charge in [0.15, 0.2) is 0 Å². The number of ether oxygens (including phenoxy) is 1. The third kappa shape index (κ3) is 3.71. The Morgan fingerprint density at radius 3 is 2.53 bits per heavy atom. The molecule has 17 heavy (non-hydrogen) atoms. The van der Waals surface area contributed by atoms with E-state index in [0.717, 1.165) is 12.3 Å². The summed E-state index contributed by atoms with van der Waals surface area (Å²) in [6.45, 7) is 7.83. The average Bonchev–Trinajstić information content (AvgIpc) is 2.82. The number of nitrogens with one attached hydrogen (secondary N) is 1. The van der Waals surface area contributed by atoms with Crippen molar-refractivity contribution in [3.63, 3.8) is 0 Å². The zero-order chi connectivity index (χ0) is 12.7. The first-order chi connectivity index (χ1) is 8.28. The van der Waals surface area contributed by atoms with E-state index in [1.54, 1.807) is 18.4 Å². The van der Waals surface area contributed by atoms with Crippen LogP contribution in [0, 0.1) is 5.92 Å². The smallest absolute Gasteiger partial charge is 0.134 e. The van der Waals surface area contributed by atoms with Crippen molar-refractivity contribution in [1.29, 1.82) is 0 Å². The van der Waals surface area contributed by atoms with Gasteiger partial charge >= 0.3 is 0 Å². The van der Waals surface area contributed by atoms with Gasteiger partial charge < -0.3 is 10.1 Å². The highest BCUT2D eigenvalue weighted by atomic mass is 32.1. The lowest BCUT2D eigenvalue weighted by atomic mass is 9.92. The second-order valence-corrected chi connectivity index (χ2v) is 5.31. The summed E-state index contributed by atoms with van der Waals surface area (Å²) >= 11 is 1.80. The third-order valence-electron chi connectivity index (χ3n) is 3.29. The first-order valence-corrected chi connectivity index (χ1v) is 7.51. The molecule has 0 spiro atoms. The Morgan fingerprint density at radius 2 is 2.00 bits per heavy atom. The SMILES string of the molecule is CCCNC(c1sccc1OC)C(CC)CC. The van der Waals surface area contributed by atoms with Crippen molar-refractivity contribution >= 4 is 11.3 Å². The first kappa shape index (κ1) is 14.5. The normalized spacial score (nSPS) is 13.0. The van der Waals surface area contributed by atoms with Gasteiger partial charge in [0.05, 0.1) is 12.0 Å². The lowest BCUT2D eigenvalue weighted by molar-refractivity contribution is 0.331. The minimum atomic E-state index is 0.444. The van der Waals surface area contributed by atoms with Gasteiger partial charge in [-0.1, -0.05) is 33.6 Å². The van der Waals surface area contributed by atoms with E-state index in [4.69, 9.17) is 4.74 Å². The Labute approximate surface area is 109 Å². The molecule has 3 heteroatoms. The van der Waals surface area contributed by atoms with Crippen LogP contribution < -0.4 is 10.1 Å². The van der Waals surface area contributed by atoms with Gasteiger partial charge in [-0.25, -0.2) is 0 Å². The summed E-state index contributed by atoms with van der Waals surface area (Å²) in [6.07, 6.45) is 3.59. The molecule has 0 saturated carbocycles. The number of hydrogen-bond acceptors (Lipinski definition) is 3. The second-order valence-electron chi connectivity index (χ2n) is 4.36. The van der Waals surface area contributed by atoms with Crippen LogP contribution >= 0.6 is 11.3 Å². The van der Waals surface area contributed by atoms with Crippen molar-refractivity contribution < 1.29 is 4.74 Å². The summed E-state index contributed by atoms with van der Waals surface area (Å²) in [5, 5.41) is 5.80. The topological polar surface area (TPSA) is 21.3 Å². The predicted molar refractivity (Wildman–Crippen MR) is 76.0 cm³/mol. The second kappa shape index (κ2) is 7.72. The maximum Gasteiger partial charge on any atom is 0.134 e. The van der Waals surface area contributed by atoms with Gasteiger partial charge in [-0.15, -0.1) is 11.3 Å². The average molecular weight is 255 g/mol. The molecule has 1 rings (SSSR count). The van der Waals surface area contributed by atoms with Gasteiger partial charge in [0, 0.05) is 6.04 Å². The van der Waals surface area contributed by atoms with E-state index in [1.807, 2.05) is 0 Å². The highest BCUT2D eigenvalue weighted by Crippen LogP contribution is 2.37. The zero-order valence-electron chi connectivity index (χ0n) is 11.5. The number of thiophene rings is 1. The number of hydrogen-bond donors (Lipinski definition) is 1. The summed E-state index contributed by atoms with van der Waals surface area (Å²) < 4.78 is 5.46. The fraction of sp³-hybridized carbons (Fsp3) is 0.714. The molecule has 0 bridgehead atoms. The molecule has 1 unspecified atom stereocenters. The molecule has 1 atom stereocenters. The summed E-state index contributed by atoms with van der Waals surface area (Å²) in [7, 11) is 1.76. The van der Waals surface area contributed by atoms with E-state index in [9.17, 15) is 0 Å². The van der Waals surface area contributed by atoms with E-state index < -0.39 is 0 Å².